The molecule has 0 bridgehead atoms. The molecule has 1 amide bonds. The highest BCUT2D eigenvalue weighted by Gasteiger charge is 2.12. The van der Waals surface area contributed by atoms with Crippen LogP contribution in [0.4, 0.5) is 0 Å². The van der Waals surface area contributed by atoms with Crippen molar-refractivity contribution in [1.82, 2.24) is 5.32 Å². The Morgan fingerprint density at radius 1 is 1.09 bits per heavy atom. The highest BCUT2D eigenvalue weighted by molar-refractivity contribution is 6.31. The average molecular weight is 318 g/mol. The van der Waals surface area contributed by atoms with E-state index in [1.807, 2.05) is 24.3 Å². The Morgan fingerprint density at radius 3 is 2.50 bits per heavy atom. The second-order valence-electron chi connectivity index (χ2n) is 5.18. The van der Waals surface area contributed by atoms with E-state index in [1.165, 1.54) is 5.56 Å². The summed E-state index contributed by atoms with van der Waals surface area (Å²) in [6, 6.07) is 17.2. The molecule has 0 aliphatic rings. The van der Waals surface area contributed by atoms with Gasteiger partial charge in [0, 0.05) is 23.6 Å². The summed E-state index contributed by atoms with van der Waals surface area (Å²) in [4.78, 5) is 11.8. The zero-order valence-electron chi connectivity index (χ0n) is 12.3. The van der Waals surface area contributed by atoms with Crippen LogP contribution in [0.25, 0.3) is 0 Å². The SMILES string of the molecule is O=C(CCCc1ccccc1)NCC(O)c1ccccc1Cl. The van der Waals surface area contributed by atoms with Crippen LogP contribution < -0.4 is 5.32 Å². The van der Waals surface area contributed by atoms with Gasteiger partial charge in [-0.05, 0) is 24.5 Å². The summed E-state index contributed by atoms with van der Waals surface area (Å²) in [5.74, 6) is -0.0537. The fraction of sp³-hybridized carbons (Fsp3) is 0.278. The van der Waals surface area contributed by atoms with E-state index in [1.54, 1.807) is 18.2 Å². The first-order valence-electron chi connectivity index (χ1n) is 7.40. The third-order valence-corrected chi connectivity index (χ3v) is 3.81. The van der Waals surface area contributed by atoms with Crippen LogP contribution in [0.1, 0.15) is 30.1 Å². The minimum atomic E-state index is -0.785. The quantitative estimate of drug-likeness (QED) is 0.821. The second-order valence-corrected chi connectivity index (χ2v) is 5.59. The summed E-state index contributed by atoms with van der Waals surface area (Å²) in [6.45, 7) is 0.175. The summed E-state index contributed by atoms with van der Waals surface area (Å²) < 4.78 is 0. The minimum Gasteiger partial charge on any atom is -0.387 e. The van der Waals surface area contributed by atoms with Gasteiger partial charge in [0.1, 0.15) is 0 Å². The van der Waals surface area contributed by atoms with Crippen LogP contribution >= 0.6 is 11.6 Å². The summed E-state index contributed by atoms with van der Waals surface area (Å²) in [6.07, 6.45) is 1.33. The molecule has 0 fully saturated rings. The van der Waals surface area contributed by atoms with Crippen molar-refractivity contribution in [3.8, 4) is 0 Å². The molecule has 0 spiro atoms. The van der Waals surface area contributed by atoms with Gasteiger partial charge in [0.2, 0.25) is 5.91 Å². The van der Waals surface area contributed by atoms with Crippen LogP contribution in [0.5, 0.6) is 0 Å². The summed E-state index contributed by atoms with van der Waals surface area (Å²) >= 11 is 6.01. The Balaban J connectivity index is 1.70. The third kappa shape index (κ3) is 5.17. The predicted molar refractivity (Wildman–Crippen MR) is 88.8 cm³/mol. The average Bonchev–Trinajstić information content (AvgIpc) is 2.54. The Kier molecular flexibility index (Phi) is 6.44. The molecule has 3 nitrogen and oxygen atoms in total. The molecule has 0 heterocycles. The van der Waals surface area contributed by atoms with E-state index < -0.39 is 6.10 Å². The Bertz CT molecular complexity index is 601. The lowest BCUT2D eigenvalue weighted by atomic mass is 10.1. The van der Waals surface area contributed by atoms with Gasteiger partial charge in [-0.25, -0.2) is 0 Å². The van der Waals surface area contributed by atoms with E-state index >= 15 is 0 Å². The number of amides is 1. The normalized spacial score (nSPS) is 11.9. The van der Waals surface area contributed by atoms with Gasteiger partial charge in [-0.15, -0.1) is 0 Å². The number of carbonyl (C=O) groups is 1. The van der Waals surface area contributed by atoms with Crippen LogP contribution in [0.3, 0.4) is 0 Å². The van der Waals surface area contributed by atoms with Gasteiger partial charge in [-0.1, -0.05) is 60.1 Å². The number of nitrogens with one attached hydrogen (secondary N) is 1. The molecular weight excluding hydrogens is 298 g/mol. The van der Waals surface area contributed by atoms with Crippen LogP contribution in [-0.4, -0.2) is 17.6 Å². The lowest BCUT2D eigenvalue weighted by molar-refractivity contribution is -0.121. The number of benzene rings is 2. The first-order chi connectivity index (χ1) is 10.7. The van der Waals surface area contributed by atoms with E-state index in [2.05, 4.69) is 17.4 Å². The summed E-state index contributed by atoms with van der Waals surface area (Å²) in [5, 5.41) is 13.3. The van der Waals surface area contributed by atoms with Crippen molar-refractivity contribution >= 4 is 17.5 Å². The maximum Gasteiger partial charge on any atom is 0.220 e. The predicted octanol–water partition coefficient (Wildman–Crippen LogP) is 3.51. The molecule has 0 aliphatic heterocycles. The van der Waals surface area contributed by atoms with Gasteiger partial charge < -0.3 is 10.4 Å². The molecular formula is C18H20ClNO2. The number of carbonyl (C=O) groups excluding carboxylic acids is 1. The van der Waals surface area contributed by atoms with E-state index in [4.69, 9.17) is 11.6 Å². The van der Waals surface area contributed by atoms with E-state index in [0.29, 0.717) is 17.0 Å². The van der Waals surface area contributed by atoms with Gasteiger partial charge in [-0.3, -0.25) is 4.79 Å². The number of hydrogen-bond donors (Lipinski definition) is 2. The Hall–Kier alpha value is -1.84. The van der Waals surface area contributed by atoms with Crippen LogP contribution in [0.2, 0.25) is 5.02 Å². The number of aliphatic hydroxyl groups excluding tert-OH is 1. The van der Waals surface area contributed by atoms with Crippen molar-refractivity contribution in [2.24, 2.45) is 0 Å². The van der Waals surface area contributed by atoms with Crippen molar-refractivity contribution in [3.05, 3.63) is 70.7 Å². The molecule has 116 valence electrons. The highest BCUT2D eigenvalue weighted by Crippen LogP contribution is 2.21. The van der Waals surface area contributed by atoms with Crippen molar-refractivity contribution in [3.63, 3.8) is 0 Å². The van der Waals surface area contributed by atoms with E-state index in [9.17, 15) is 9.90 Å². The van der Waals surface area contributed by atoms with Gasteiger partial charge in [0.05, 0.1) is 6.10 Å². The Morgan fingerprint density at radius 2 is 1.77 bits per heavy atom. The zero-order chi connectivity index (χ0) is 15.8. The molecule has 0 saturated carbocycles. The lowest BCUT2D eigenvalue weighted by Crippen LogP contribution is -2.28. The maximum absolute atomic E-state index is 11.8. The molecule has 4 heteroatoms. The number of halogens is 1. The molecule has 2 rings (SSSR count). The monoisotopic (exact) mass is 317 g/mol. The van der Waals surface area contributed by atoms with E-state index in [-0.39, 0.29) is 12.5 Å². The van der Waals surface area contributed by atoms with Crippen molar-refractivity contribution in [1.29, 1.82) is 0 Å². The molecule has 2 N–H and O–H groups in total. The van der Waals surface area contributed by atoms with Gasteiger partial charge >= 0.3 is 0 Å². The van der Waals surface area contributed by atoms with Gasteiger partial charge in [0.25, 0.3) is 0 Å². The van der Waals surface area contributed by atoms with Crippen molar-refractivity contribution in [2.45, 2.75) is 25.4 Å². The fourth-order valence-electron chi connectivity index (χ4n) is 2.25. The molecule has 0 saturated heterocycles. The van der Waals surface area contributed by atoms with Crippen molar-refractivity contribution < 1.29 is 9.90 Å². The minimum absolute atomic E-state index is 0.0537. The van der Waals surface area contributed by atoms with Gasteiger partial charge in [-0.2, -0.15) is 0 Å². The largest absolute Gasteiger partial charge is 0.387 e. The maximum atomic E-state index is 11.8. The van der Waals surface area contributed by atoms with E-state index in [0.717, 1.165) is 12.8 Å². The topological polar surface area (TPSA) is 49.3 Å². The molecule has 0 aliphatic carbocycles. The number of aryl methyl sites for hydroxylation is 1. The van der Waals surface area contributed by atoms with Crippen molar-refractivity contribution in [2.75, 3.05) is 6.54 Å². The molecule has 1 unspecified atom stereocenters. The van der Waals surface area contributed by atoms with Crippen LogP contribution in [0.15, 0.2) is 54.6 Å². The first kappa shape index (κ1) is 16.5. The number of hydrogen-bond acceptors (Lipinski definition) is 2. The molecule has 0 aromatic heterocycles. The third-order valence-electron chi connectivity index (χ3n) is 3.47. The molecule has 22 heavy (non-hydrogen) atoms. The molecule has 0 radical (unpaired) electrons. The number of aliphatic hydroxyl groups is 1. The molecule has 2 aromatic carbocycles. The van der Waals surface area contributed by atoms with Crippen LogP contribution in [-0.2, 0) is 11.2 Å². The molecule has 2 aromatic rings. The second kappa shape index (κ2) is 8.57. The smallest absolute Gasteiger partial charge is 0.220 e. The van der Waals surface area contributed by atoms with Gasteiger partial charge in [0.15, 0.2) is 0 Å². The Labute approximate surface area is 135 Å². The lowest BCUT2D eigenvalue weighted by Gasteiger charge is -2.13. The first-order valence-corrected chi connectivity index (χ1v) is 7.77. The fourth-order valence-corrected chi connectivity index (χ4v) is 2.51. The summed E-state index contributed by atoms with van der Waals surface area (Å²) in [7, 11) is 0. The standard InChI is InChI=1S/C18H20ClNO2/c19-16-11-5-4-10-15(16)17(21)13-20-18(22)12-6-9-14-7-2-1-3-8-14/h1-5,7-8,10-11,17,21H,6,9,12-13H2,(H,20,22). The van der Waals surface area contributed by atoms with Crippen LogP contribution in [0, 0.1) is 0 Å². The zero-order valence-corrected chi connectivity index (χ0v) is 13.1. The molecule has 1 atom stereocenters. The number of rotatable bonds is 7. The highest BCUT2D eigenvalue weighted by atomic mass is 35.5. The summed E-state index contributed by atoms with van der Waals surface area (Å²) in [5.41, 5.74) is 1.86.